The van der Waals surface area contributed by atoms with Crippen molar-refractivity contribution < 1.29 is 4.79 Å². The third-order valence-electron chi connectivity index (χ3n) is 2.12. The van der Waals surface area contributed by atoms with Gasteiger partial charge in [0.1, 0.15) is 0 Å². The Kier molecular flexibility index (Phi) is 1.58. The summed E-state index contributed by atoms with van der Waals surface area (Å²) < 4.78 is 0. The van der Waals surface area contributed by atoms with Gasteiger partial charge in [0.05, 0.1) is 0 Å². The molecule has 1 aliphatic heterocycles. The maximum absolute atomic E-state index is 11.3. The van der Waals surface area contributed by atoms with E-state index in [-0.39, 0.29) is 5.91 Å². The predicted octanol–water partition coefficient (Wildman–Crippen LogP) is 1.89. The molecule has 0 bridgehead atoms. The molecule has 1 aromatic rings. The highest BCUT2D eigenvalue weighted by molar-refractivity contribution is 6.32. The van der Waals surface area contributed by atoms with E-state index >= 15 is 0 Å². The largest absolute Gasteiger partial charge is 0.348 e. The summed E-state index contributed by atoms with van der Waals surface area (Å²) in [4.78, 5) is 11.3. The lowest BCUT2D eigenvalue weighted by atomic mass is 10.0. The normalized spacial score (nSPS) is 14.3. The second-order valence-corrected chi connectivity index (χ2v) is 3.31. The first-order chi connectivity index (χ1) is 5.70. The Morgan fingerprint density at radius 3 is 2.92 bits per heavy atom. The number of carbonyl (C=O) groups is 1. The molecule has 2 nitrogen and oxygen atoms in total. The zero-order valence-electron chi connectivity index (χ0n) is 6.65. The van der Waals surface area contributed by atoms with Crippen LogP contribution in [0.3, 0.4) is 0 Å². The molecule has 0 fully saturated rings. The molecule has 2 rings (SSSR count). The van der Waals surface area contributed by atoms with Gasteiger partial charge in [-0.2, -0.15) is 0 Å². The highest BCUT2D eigenvalue weighted by Crippen LogP contribution is 2.26. The van der Waals surface area contributed by atoms with Gasteiger partial charge < -0.3 is 5.32 Å². The molecule has 12 heavy (non-hydrogen) atoms. The summed E-state index contributed by atoms with van der Waals surface area (Å²) in [6.07, 6.45) is 0. The maximum Gasteiger partial charge on any atom is 0.252 e. The van der Waals surface area contributed by atoms with Crippen LogP contribution >= 0.6 is 11.6 Å². The number of benzene rings is 1. The van der Waals surface area contributed by atoms with E-state index in [1.54, 1.807) is 0 Å². The van der Waals surface area contributed by atoms with Crippen molar-refractivity contribution in [2.45, 2.75) is 13.5 Å². The minimum atomic E-state index is -0.00926. The van der Waals surface area contributed by atoms with Gasteiger partial charge in [0.25, 0.3) is 5.91 Å². The summed E-state index contributed by atoms with van der Waals surface area (Å²) in [6.45, 7) is 2.48. The van der Waals surface area contributed by atoms with Gasteiger partial charge in [-0.3, -0.25) is 4.79 Å². The molecule has 1 aliphatic rings. The lowest BCUT2D eigenvalue weighted by Crippen LogP contribution is -2.13. The Bertz CT molecular complexity index is 360. The number of amides is 1. The molecular weight excluding hydrogens is 174 g/mol. The lowest BCUT2D eigenvalue weighted by Gasteiger charge is -2.01. The zero-order valence-corrected chi connectivity index (χ0v) is 7.40. The second-order valence-electron chi connectivity index (χ2n) is 2.90. The maximum atomic E-state index is 11.3. The van der Waals surface area contributed by atoms with Crippen LogP contribution in [0.5, 0.6) is 0 Å². The third-order valence-corrected chi connectivity index (χ3v) is 2.47. The highest BCUT2D eigenvalue weighted by Gasteiger charge is 2.22. The Labute approximate surface area is 75.5 Å². The number of hydrogen-bond acceptors (Lipinski definition) is 1. The molecule has 0 spiro atoms. The number of rotatable bonds is 0. The van der Waals surface area contributed by atoms with Gasteiger partial charge in [-0.15, -0.1) is 0 Å². The summed E-state index contributed by atoms with van der Waals surface area (Å²) in [7, 11) is 0. The first-order valence-corrected chi connectivity index (χ1v) is 4.14. The number of hydrogen-bond donors (Lipinski definition) is 1. The van der Waals surface area contributed by atoms with Gasteiger partial charge in [0.15, 0.2) is 0 Å². The Hall–Kier alpha value is -1.02. The summed E-state index contributed by atoms with van der Waals surface area (Å²) in [5.41, 5.74) is 2.67. The molecule has 1 N–H and O–H groups in total. The molecule has 0 saturated carbocycles. The van der Waals surface area contributed by atoms with Crippen LogP contribution in [0, 0.1) is 6.92 Å². The van der Waals surface area contributed by atoms with Crippen LogP contribution in [0.1, 0.15) is 21.5 Å². The van der Waals surface area contributed by atoms with Gasteiger partial charge >= 0.3 is 0 Å². The van der Waals surface area contributed by atoms with Crippen molar-refractivity contribution >= 4 is 17.5 Å². The van der Waals surface area contributed by atoms with Gasteiger partial charge in [0, 0.05) is 22.7 Å². The molecule has 0 unspecified atom stereocenters. The smallest absolute Gasteiger partial charge is 0.252 e. The molecule has 0 atom stereocenters. The minimum Gasteiger partial charge on any atom is -0.348 e. The fourth-order valence-electron chi connectivity index (χ4n) is 1.49. The number of fused-ring (bicyclic) bond motifs is 1. The molecule has 1 amide bonds. The first-order valence-electron chi connectivity index (χ1n) is 3.76. The van der Waals surface area contributed by atoms with Gasteiger partial charge in [-0.05, 0) is 18.6 Å². The van der Waals surface area contributed by atoms with Gasteiger partial charge in [0.2, 0.25) is 0 Å². The number of carbonyl (C=O) groups excluding carboxylic acids is 1. The van der Waals surface area contributed by atoms with Crippen molar-refractivity contribution in [3.63, 3.8) is 0 Å². The quantitative estimate of drug-likeness (QED) is 0.651. The van der Waals surface area contributed by atoms with E-state index in [0.717, 1.165) is 16.7 Å². The van der Waals surface area contributed by atoms with Crippen LogP contribution in [0.15, 0.2) is 12.1 Å². The number of aryl methyl sites for hydroxylation is 1. The molecule has 1 heterocycles. The van der Waals surface area contributed by atoms with E-state index in [9.17, 15) is 4.79 Å². The van der Waals surface area contributed by atoms with Crippen molar-refractivity contribution in [3.8, 4) is 0 Å². The van der Waals surface area contributed by atoms with Crippen LogP contribution in [0.2, 0.25) is 5.02 Å². The van der Waals surface area contributed by atoms with Crippen LogP contribution in [-0.4, -0.2) is 5.91 Å². The molecule has 0 aliphatic carbocycles. The SMILES string of the molecule is Cc1ccc(Cl)c2c1C(=O)NC2. The number of nitrogens with one attached hydrogen (secondary N) is 1. The van der Waals surface area contributed by atoms with E-state index in [1.807, 2.05) is 19.1 Å². The summed E-state index contributed by atoms with van der Waals surface area (Å²) in [5, 5.41) is 3.42. The average molecular weight is 182 g/mol. The van der Waals surface area contributed by atoms with Gasteiger partial charge in [-0.1, -0.05) is 17.7 Å². The molecule has 0 aromatic heterocycles. The minimum absolute atomic E-state index is 0.00926. The average Bonchev–Trinajstić information content (AvgIpc) is 2.42. The second kappa shape index (κ2) is 2.49. The van der Waals surface area contributed by atoms with Crippen LogP contribution in [0.4, 0.5) is 0 Å². The third kappa shape index (κ3) is 0.916. The first kappa shape index (κ1) is 7.62. The van der Waals surface area contributed by atoms with E-state index in [2.05, 4.69) is 5.32 Å². The fraction of sp³-hybridized carbons (Fsp3) is 0.222. The van der Waals surface area contributed by atoms with Crippen LogP contribution < -0.4 is 5.32 Å². The van der Waals surface area contributed by atoms with Crippen molar-refractivity contribution in [3.05, 3.63) is 33.8 Å². The van der Waals surface area contributed by atoms with E-state index in [4.69, 9.17) is 11.6 Å². The molecule has 3 heteroatoms. The zero-order chi connectivity index (χ0) is 8.72. The van der Waals surface area contributed by atoms with E-state index < -0.39 is 0 Å². The monoisotopic (exact) mass is 181 g/mol. The molecule has 62 valence electrons. The van der Waals surface area contributed by atoms with E-state index in [0.29, 0.717) is 11.6 Å². The van der Waals surface area contributed by atoms with Crippen molar-refractivity contribution in [2.24, 2.45) is 0 Å². The van der Waals surface area contributed by atoms with Crippen LogP contribution in [-0.2, 0) is 6.54 Å². The topological polar surface area (TPSA) is 29.1 Å². The summed E-state index contributed by atoms with van der Waals surface area (Å²) >= 11 is 5.91. The predicted molar refractivity (Wildman–Crippen MR) is 47.4 cm³/mol. The Morgan fingerprint density at radius 1 is 1.50 bits per heavy atom. The van der Waals surface area contributed by atoms with E-state index in [1.165, 1.54) is 0 Å². The van der Waals surface area contributed by atoms with Gasteiger partial charge in [-0.25, -0.2) is 0 Å². The fourth-order valence-corrected chi connectivity index (χ4v) is 1.71. The van der Waals surface area contributed by atoms with Crippen LogP contribution in [0.25, 0.3) is 0 Å². The highest BCUT2D eigenvalue weighted by atomic mass is 35.5. The van der Waals surface area contributed by atoms with Crippen molar-refractivity contribution in [1.82, 2.24) is 5.32 Å². The van der Waals surface area contributed by atoms with Crippen molar-refractivity contribution in [1.29, 1.82) is 0 Å². The van der Waals surface area contributed by atoms with Crippen molar-refractivity contribution in [2.75, 3.05) is 0 Å². The standard InChI is InChI=1S/C9H8ClNO/c1-5-2-3-7(10)6-4-11-9(12)8(5)6/h2-3H,4H2,1H3,(H,11,12). The molecule has 1 aromatic carbocycles. The Balaban J connectivity index is 2.72. The number of halogens is 1. The molecule has 0 saturated heterocycles. The Morgan fingerprint density at radius 2 is 2.25 bits per heavy atom. The summed E-state index contributed by atoms with van der Waals surface area (Å²) in [6, 6.07) is 3.70. The summed E-state index contributed by atoms with van der Waals surface area (Å²) in [5.74, 6) is -0.00926. The lowest BCUT2D eigenvalue weighted by molar-refractivity contribution is 0.0965. The molecular formula is C9H8ClNO. The molecule has 0 radical (unpaired) electrons.